The number of hydrogen-bond acceptors (Lipinski definition) is 1. The predicted molar refractivity (Wildman–Crippen MR) is 137 cm³/mol. The molecule has 0 saturated heterocycles. The molecule has 1 fully saturated rings. The van der Waals surface area contributed by atoms with Crippen molar-refractivity contribution in [2.75, 3.05) is 0 Å². The van der Waals surface area contributed by atoms with E-state index in [1.165, 1.54) is 69.3 Å². The van der Waals surface area contributed by atoms with Crippen LogP contribution in [0.2, 0.25) is 0 Å². The van der Waals surface area contributed by atoms with Gasteiger partial charge in [-0.3, -0.25) is 4.79 Å². The third-order valence-electron chi connectivity index (χ3n) is 8.91. The minimum atomic E-state index is -0.377. The van der Waals surface area contributed by atoms with Crippen LogP contribution in [0.25, 0.3) is 27.8 Å². The fraction of sp³-hybridized carbons (Fsp3) is 0.182. The summed E-state index contributed by atoms with van der Waals surface area (Å²) in [6.07, 6.45) is 7.55. The van der Waals surface area contributed by atoms with Gasteiger partial charge < -0.3 is 0 Å². The number of hydrogen-bond donors (Lipinski definition) is 0. The Morgan fingerprint density at radius 1 is 0.676 bits per heavy atom. The topological polar surface area (TPSA) is 17.1 Å². The van der Waals surface area contributed by atoms with E-state index < -0.39 is 0 Å². The summed E-state index contributed by atoms with van der Waals surface area (Å²) in [6.45, 7) is 0. The quantitative estimate of drug-likeness (QED) is 0.255. The molecular formula is C33H24O. The van der Waals surface area contributed by atoms with E-state index in [1.807, 2.05) is 6.07 Å². The Kier molecular flexibility index (Phi) is 3.54. The number of rotatable bonds is 2. The van der Waals surface area contributed by atoms with Gasteiger partial charge in [-0.2, -0.15) is 0 Å². The Hall–Kier alpha value is -3.71. The normalized spacial score (nSPS) is 24.5. The predicted octanol–water partition coefficient (Wildman–Crippen LogP) is 7.66. The summed E-state index contributed by atoms with van der Waals surface area (Å²) in [5, 5.41) is 0. The number of carbonyl (C=O) groups excluding carboxylic acids is 1. The Morgan fingerprint density at radius 3 is 2.09 bits per heavy atom. The Balaban J connectivity index is 1.46. The number of carbonyl (C=O) groups is 1. The summed E-state index contributed by atoms with van der Waals surface area (Å²) in [6, 6.07) is 31.1. The molecule has 34 heavy (non-hydrogen) atoms. The minimum absolute atomic E-state index is 0.377. The zero-order valence-electron chi connectivity index (χ0n) is 18.9. The van der Waals surface area contributed by atoms with Crippen molar-refractivity contribution in [1.82, 2.24) is 0 Å². The Bertz CT molecular complexity index is 1570. The van der Waals surface area contributed by atoms with Gasteiger partial charge in [-0.15, -0.1) is 0 Å². The van der Waals surface area contributed by atoms with Crippen LogP contribution in [-0.2, 0) is 5.41 Å². The summed E-state index contributed by atoms with van der Waals surface area (Å²) in [4.78, 5) is 11.8. The molecule has 3 unspecified atom stereocenters. The molecule has 0 aromatic heterocycles. The lowest BCUT2D eigenvalue weighted by Crippen LogP contribution is -2.26. The molecule has 1 nitrogen and oxygen atoms in total. The maximum absolute atomic E-state index is 11.8. The molecule has 0 aliphatic heterocycles. The summed E-state index contributed by atoms with van der Waals surface area (Å²) < 4.78 is 0. The molecule has 4 aliphatic carbocycles. The smallest absolute Gasteiger partial charge is 0.150 e. The molecule has 0 N–H and O–H groups in total. The van der Waals surface area contributed by atoms with Gasteiger partial charge >= 0.3 is 0 Å². The van der Waals surface area contributed by atoms with Crippen LogP contribution in [0, 0.1) is 11.8 Å². The number of fused-ring (bicyclic) bond motifs is 12. The van der Waals surface area contributed by atoms with E-state index in [-0.39, 0.29) is 5.41 Å². The molecule has 2 bridgehead atoms. The van der Waals surface area contributed by atoms with Crippen LogP contribution in [0.1, 0.15) is 57.4 Å². The SMILES string of the molecule is O=Cc1ccc2c(c1)C1(c3ccccc3-c3cc(C4=CC5CCC4C5)ccc31)c1ccccc1-2. The second-order valence-electron chi connectivity index (χ2n) is 10.4. The average Bonchev–Trinajstić information content (AvgIpc) is 3.66. The largest absolute Gasteiger partial charge is 0.298 e. The van der Waals surface area contributed by atoms with E-state index in [1.54, 1.807) is 5.57 Å². The van der Waals surface area contributed by atoms with Gasteiger partial charge in [0.2, 0.25) is 0 Å². The summed E-state index contributed by atoms with van der Waals surface area (Å²) >= 11 is 0. The van der Waals surface area contributed by atoms with E-state index in [0.717, 1.165) is 23.7 Å². The van der Waals surface area contributed by atoms with Gasteiger partial charge in [0, 0.05) is 5.56 Å². The van der Waals surface area contributed by atoms with Crippen molar-refractivity contribution in [2.24, 2.45) is 11.8 Å². The van der Waals surface area contributed by atoms with Crippen LogP contribution in [-0.4, -0.2) is 6.29 Å². The van der Waals surface area contributed by atoms with Gasteiger partial charge in [0.05, 0.1) is 5.41 Å². The third-order valence-corrected chi connectivity index (χ3v) is 8.91. The van der Waals surface area contributed by atoms with E-state index in [2.05, 4.69) is 84.9 Å². The van der Waals surface area contributed by atoms with Crippen molar-refractivity contribution in [1.29, 1.82) is 0 Å². The lowest BCUT2D eigenvalue weighted by molar-refractivity contribution is 0.112. The zero-order valence-corrected chi connectivity index (χ0v) is 18.9. The van der Waals surface area contributed by atoms with Crippen molar-refractivity contribution in [3.63, 3.8) is 0 Å². The molecule has 4 aliphatic rings. The monoisotopic (exact) mass is 436 g/mol. The molecule has 162 valence electrons. The van der Waals surface area contributed by atoms with Crippen molar-refractivity contribution in [3.8, 4) is 22.3 Å². The molecule has 4 aromatic carbocycles. The molecule has 1 saturated carbocycles. The van der Waals surface area contributed by atoms with Gasteiger partial charge in [0.1, 0.15) is 6.29 Å². The standard InChI is InChI=1S/C33H24O/c34-19-21-10-13-26-24-5-1-3-7-29(24)33(32(26)17-21)30-8-4-2-6-25(30)28-18-23(12-14-31(28)33)27-16-20-9-11-22(27)15-20/h1-8,10,12-14,16-20,22H,9,11,15H2. The molecule has 4 aromatic rings. The van der Waals surface area contributed by atoms with Crippen molar-refractivity contribution in [2.45, 2.75) is 24.7 Å². The molecule has 0 heterocycles. The van der Waals surface area contributed by atoms with Crippen molar-refractivity contribution in [3.05, 3.63) is 124 Å². The molecule has 8 rings (SSSR count). The van der Waals surface area contributed by atoms with E-state index in [0.29, 0.717) is 0 Å². The highest BCUT2D eigenvalue weighted by molar-refractivity contribution is 5.96. The second-order valence-corrected chi connectivity index (χ2v) is 10.4. The summed E-state index contributed by atoms with van der Waals surface area (Å²) in [5.74, 6) is 1.51. The maximum Gasteiger partial charge on any atom is 0.150 e. The number of allylic oxidation sites excluding steroid dienone is 2. The van der Waals surface area contributed by atoms with E-state index in [4.69, 9.17) is 0 Å². The van der Waals surface area contributed by atoms with Crippen molar-refractivity contribution < 1.29 is 4.79 Å². The lowest BCUT2D eigenvalue weighted by atomic mass is 9.70. The third kappa shape index (κ3) is 2.14. The molecule has 0 amide bonds. The molecule has 1 heteroatoms. The van der Waals surface area contributed by atoms with E-state index in [9.17, 15) is 4.79 Å². The van der Waals surface area contributed by atoms with Gasteiger partial charge in [0.15, 0.2) is 0 Å². The summed E-state index contributed by atoms with van der Waals surface area (Å²) in [7, 11) is 0. The van der Waals surface area contributed by atoms with Gasteiger partial charge in [-0.1, -0.05) is 78.9 Å². The van der Waals surface area contributed by atoms with Crippen molar-refractivity contribution >= 4 is 11.9 Å². The fourth-order valence-corrected chi connectivity index (χ4v) is 7.59. The first-order valence-electron chi connectivity index (χ1n) is 12.4. The highest BCUT2D eigenvalue weighted by Gasteiger charge is 2.51. The highest BCUT2D eigenvalue weighted by Crippen LogP contribution is 2.63. The van der Waals surface area contributed by atoms with Gasteiger partial charge in [-0.25, -0.2) is 0 Å². The summed E-state index contributed by atoms with van der Waals surface area (Å²) in [5.41, 5.74) is 13.7. The second kappa shape index (κ2) is 6.45. The lowest BCUT2D eigenvalue weighted by Gasteiger charge is -2.30. The molecule has 0 radical (unpaired) electrons. The van der Waals surface area contributed by atoms with Crippen LogP contribution < -0.4 is 0 Å². The van der Waals surface area contributed by atoms with Crippen LogP contribution in [0.3, 0.4) is 0 Å². The number of aldehydes is 1. The van der Waals surface area contributed by atoms with Crippen LogP contribution in [0.15, 0.2) is 91.0 Å². The fourth-order valence-electron chi connectivity index (χ4n) is 7.59. The number of benzene rings is 4. The first-order chi connectivity index (χ1) is 16.8. The molecular weight excluding hydrogens is 412 g/mol. The highest BCUT2D eigenvalue weighted by atomic mass is 16.1. The average molecular weight is 437 g/mol. The zero-order chi connectivity index (χ0) is 22.4. The maximum atomic E-state index is 11.8. The van der Waals surface area contributed by atoms with Gasteiger partial charge in [0.25, 0.3) is 0 Å². The van der Waals surface area contributed by atoms with Gasteiger partial charge in [-0.05, 0) is 98.9 Å². The Morgan fingerprint density at radius 2 is 1.38 bits per heavy atom. The van der Waals surface area contributed by atoms with Crippen LogP contribution in [0.5, 0.6) is 0 Å². The first-order valence-corrected chi connectivity index (χ1v) is 12.4. The van der Waals surface area contributed by atoms with Crippen LogP contribution >= 0.6 is 0 Å². The molecule has 3 atom stereocenters. The molecule has 1 spiro atoms. The Labute approximate surface area is 199 Å². The van der Waals surface area contributed by atoms with E-state index >= 15 is 0 Å². The minimum Gasteiger partial charge on any atom is -0.298 e. The first kappa shape index (κ1) is 18.7. The van der Waals surface area contributed by atoms with Crippen LogP contribution in [0.4, 0.5) is 0 Å².